The number of anilines is 1. The minimum atomic E-state index is -1.10. The highest BCUT2D eigenvalue weighted by atomic mass is 32.2. The minimum absolute atomic E-state index is 0.180. The quantitative estimate of drug-likeness (QED) is 0.825. The molecule has 1 aliphatic carbocycles. The summed E-state index contributed by atoms with van der Waals surface area (Å²) in [5.41, 5.74) is 6.03. The van der Waals surface area contributed by atoms with E-state index in [0.717, 1.165) is 31.6 Å². The molecule has 1 aromatic carbocycles. The van der Waals surface area contributed by atoms with E-state index in [1.807, 2.05) is 0 Å². The van der Waals surface area contributed by atoms with Crippen molar-refractivity contribution in [2.24, 2.45) is 5.92 Å². The second-order valence-corrected chi connectivity index (χ2v) is 6.56. The van der Waals surface area contributed by atoms with Crippen LogP contribution in [0.2, 0.25) is 0 Å². The van der Waals surface area contributed by atoms with Gasteiger partial charge in [0, 0.05) is 5.25 Å². The van der Waals surface area contributed by atoms with Crippen LogP contribution in [0.15, 0.2) is 23.1 Å². The summed E-state index contributed by atoms with van der Waals surface area (Å²) in [6.45, 7) is 2.23. The van der Waals surface area contributed by atoms with Crippen molar-refractivity contribution in [1.82, 2.24) is 0 Å². The third-order valence-electron chi connectivity index (χ3n) is 3.45. The topological polar surface area (TPSA) is 43.1 Å². The molecular formula is C13H18FNOS. The lowest BCUT2D eigenvalue weighted by Crippen LogP contribution is -2.22. The number of nitrogen functional groups attached to an aromatic ring is 1. The van der Waals surface area contributed by atoms with E-state index in [2.05, 4.69) is 6.92 Å². The molecule has 1 saturated carbocycles. The highest BCUT2D eigenvalue weighted by Crippen LogP contribution is 2.31. The number of nitrogens with two attached hydrogens (primary N) is 1. The smallest absolute Gasteiger partial charge is 0.125 e. The highest BCUT2D eigenvalue weighted by Gasteiger charge is 2.25. The maximum absolute atomic E-state index is 12.9. The first-order valence-electron chi connectivity index (χ1n) is 6.03. The average Bonchev–Trinajstić information content (AvgIpc) is 2.29. The predicted octanol–water partition coefficient (Wildman–Crippen LogP) is 3.09. The van der Waals surface area contributed by atoms with Crippen molar-refractivity contribution in [2.75, 3.05) is 5.73 Å². The molecule has 1 aromatic rings. The fourth-order valence-electron chi connectivity index (χ4n) is 2.33. The molecule has 0 amide bonds. The Labute approximate surface area is 104 Å². The molecule has 0 saturated heterocycles. The van der Waals surface area contributed by atoms with Gasteiger partial charge in [-0.2, -0.15) is 0 Å². The summed E-state index contributed by atoms with van der Waals surface area (Å²) in [6, 6.07) is 4.13. The third-order valence-corrected chi connectivity index (χ3v) is 5.34. The maximum atomic E-state index is 12.9. The number of rotatable bonds is 2. The molecule has 0 aromatic heterocycles. The van der Waals surface area contributed by atoms with Gasteiger partial charge in [-0.3, -0.25) is 4.21 Å². The zero-order valence-electron chi connectivity index (χ0n) is 9.99. The summed E-state index contributed by atoms with van der Waals surface area (Å²) in [4.78, 5) is 0.589. The molecule has 2 N–H and O–H groups in total. The Bertz CT molecular complexity index is 427. The Morgan fingerprint density at radius 1 is 1.29 bits per heavy atom. The van der Waals surface area contributed by atoms with Crippen LogP contribution in [0, 0.1) is 11.7 Å². The van der Waals surface area contributed by atoms with E-state index < -0.39 is 10.8 Å². The van der Waals surface area contributed by atoms with Crippen molar-refractivity contribution in [1.29, 1.82) is 0 Å². The van der Waals surface area contributed by atoms with Gasteiger partial charge in [-0.1, -0.05) is 6.92 Å². The van der Waals surface area contributed by atoms with E-state index in [-0.39, 0.29) is 11.1 Å². The molecule has 0 heterocycles. The van der Waals surface area contributed by atoms with Crippen LogP contribution in [0.4, 0.5) is 10.1 Å². The van der Waals surface area contributed by atoms with Gasteiger partial charge in [-0.25, -0.2) is 4.39 Å². The first-order chi connectivity index (χ1) is 8.08. The highest BCUT2D eigenvalue weighted by molar-refractivity contribution is 7.85. The van der Waals surface area contributed by atoms with Crippen LogP contribution < -0.4 is 5.73 Å². The number of hydrogen-bond acceptors (Lipinski definition) is 2. The van der Waals surface area contributed by atoms with Gasteiger partial charge in [0.05, 0.1) is 21.4 Å². The Morgan fingerprint density at radius 2 is 1.94 bits per heavy atom. The summed E-state index contributed by atoms with van der Waals surface area (Å²) in [5.74, 6) is 0.356. The van der Waals surface area contributed by atoms with Gasteiger partial charge in [0.2, 0.25) is 0 Å². The van der Waals surface area contributed by atoms with E-state index in [9.17, 15) is 8.60 Å². The SMILES string of the molecule is CC1CCC(S(=O)c2ccc(F)cc2N)CC1. The Hall–Kier alpha value is -0.900. The van der Waals surface area contributed by atoms with Gasteiger partial charge >= 0.3 is 0 Å². The largest absolute Gasteiger partial charge is 0.398 e. The van der Waals surface area contributed by atoms with Crippen molar-refractivity contribution >= 4 is 16.5 Å². The molecule has 0 radical (unpaired) electrons. The van der Waals surface area contributed by atoms with Gasteiger partial charge < -0.3 is 5.73 Å². The minimum Gasteiger partial charge on any atom is -0.398 e. The van der Waals surface area contributed by atoms with E-state index in [0.29, 0.717) is 10.6 Å². The Balaban J connectivity index is 2.14. The monoisotopic (exact) mass is 255 g/mol. The number of halogens is 1. The molecule has 4 heteroatoms. The zero-order valence-corrected chi connectivity index (χ0v) is 10.8. The Morgan fingerprint density at radius 3 is 2.53 bits per heavy atom. The molecule has 0 spiro atoms. The van der Waals surface area contributed by atoms with Crippen molar-refractivity contribution in [3.63, 3.8) is 0 Å². The predicted molar refractivity (Wildman–Crippen MR) is 68.6 cm³/mol. The Kier molecular flexibility index (Phi) is 3.82. The molecule has 0 bridgehead atoms. The summed E-state index contributed by atoms with van der Waals surface area (Å²) >= 11 is 0. The van der Waals surface area contributed by atoms with Gasteiger partial charge in [-0.05, 0) is 49.8 Å². The zero-order chi connectivity index (χ0) is 12.4. The molecular weight excluding hydrogens is 237 g/mol. The van der Waals surface area contributed by atoms with Crippen LogP contribution in [-0.2, 0) is 10.8 Å². The van der Waals surface area contributed by atoms with Crippen LogP contribution in [0.3, 0.4) is 0 Å². The molecule has 1 atom stereocenters. The van der Waals surface area contributed by atoms with Gasteiger partial charge in [0.1, 0.15) is 5.82 Å². The fraction of sp³-hybridized carbons (Fsp3) is 0.538. The molecule has 2 rings (SSSR count). The van der Waals surface area contributed by atoms with Crippen molar-refractivity contribution in [3.8, 4) is 0 Å². The van der Waals surface area contributed by atoms with Gasteiger partial charge in [0.25, 0.3) is 0 Å². The van der Waals surface area contributed by atoms with Crippen LogP contribution >= 0.6 is 0 Å². The molecule has 1 aliphatic rings. The summed E-state index contributed by atoms with van der Waals surface area (Å²) in [7, 11) is -1.10. The number of hydrogen-bond donors (Lipinski definition) is 1. The molecule has 0 aliphatic heterocycles. The molecule has 2 nitrogen and oxygen atoms in total. The first kappa shape index (κ1) is 12.6. The second kappa shape index (κ2) is 5.17. The normalized spacial score (nSPS) is 26.7. The van der Waals surface area contributed by atoms with Crippen molar-refractivity contribution < 1.29 is 8.60 Å². The van der Waals surface area contributed by atoms with Crippen molar-refractivity contribution in [2.45, 2.75) is 42.8 Å². The summed E-state index contributed by atoms with van der Waals surface area (Å²) in [5, 5.41) is 0.180. The third kappa shape index (κ3) is 2.86. The maximum Gasteiger partial charge on any atom is 0.125 e. The molecule has 94 valence electrons. The van der Waals surface area contributed by atoms with Crippen LogP contribution in [-0.4, -0.2) is 9.46 Å². The molecule has 1 fully saturated rings. The lowest BCUT2D eigenvalue weighted by Gasteiger charge is -2.25. The van der Waals surface area contributed by atoms with E-state index >= 15 is 0 Å². The summed E-state index contributed by atoms with van der Waals surface area (Å²) in [6.07, 6.45) is 4.20. The lowest BCUT2D eigenvalue weighted by molar-refractivity contribution is 0.389. The fourth-order valence-corrected chi connectivity index (χ4v) is 3.88. The van der Waals surface area contributed by atoms with Crippen LogP contribution in [0.5, 0.6) is 0 Å². The standard InChI is InChI=1S/C13H18FNOS/c1-9-2-5-11(6-3-9)17(16)13-7-4-10(14)8-12(13)15/h4,7-9,11H,2-3,5-6,15H2,1H3. The average molecular weight is 255 g/mol. The van der Waals surface area contributed by atoms with Gasteiger partial charge in [-0.15, -0.1) is 0 Å². The molecule has 1 unspecified atom stereocenters. The first-order valence-corrected chi connectivity index (χ1v) is 7.25. The van der Waals surface area contributed by atoms with Crippen molar-refractivity contribution in [3.05, 3.63) is 24.0 Å². The van der Waals surface area contributed by atoms with E-state index in [1.54, 1.807) is 6.07 Å². The van der Waals surface area contributed by atoms with Gasteiger partial charge in [0.15, 0.2) is 0 Å². The van der Waals surface area contributed by atoms with E-state index in [1.165, 1.54) is 12.1 Å². The second-order valence-electron chi connectivity index (χ2n) is 4.86. The van der Waals surface area contributed by atoms with Crippen LogP contribution in [0.1, 0.15) is 32.6 Å². The lowest BCUT2D eigenvalue weighted by atomic mass is 9.91. The molecule has 17 heavy (non-hydrogen) atoms. The number of benzene rings is 1. The summed E-state index contributed by atoms with van der Waals surface area (Å²) < 4.78 is 25.3. The van der Waals surface area contributed by atoms with Crippen LogP contribution in [0.25, 0.3) is 0 Å². The van der Waals surface area contributed by atoms with E-state index in [4.69, 9.17) is 5.73 Å².